The molecule has 3 aromatic rings. The smallest absolute Gasteiger partial charge is 0.321 e. The van der Waals surface area contributed by atoms with Crippen LogP contribution in [0.1, 0.15) is 18.4 Å². The second kappa shape index (κ2) is 8.52. The van der Waals surface area contributed by atoms with E-state index < -0.39 is 0 Å². The predicted molar refractivity (Wildman–Crippen MR) is 124 cm³/mol. The first-order chi connectivity index (χ1) is 15.2. The molecule has 0 saturated carbocycles. The highest BCUT2D eigenvalue weighted by Gasteiger charge is 2.46. The molecular formula is C26H28N4O. The molecule has 0 bridgehead atoms. The van der Waals surface area contributed by atoms with Gasteiger partial charge in [0.2, 0.25) is 0 Å². The monoisotopic (exact) mass is 412 g/mol. The molecule has 2 aromatic carbocycles. The highest BCUT2D eigenvalue weighted by Crippen LogP contribution is 2.41. The molecule has 2 fully saturated rings. The Bertz CT molecular complexity index is 1020. The van der Waals surface area contributed by atoms with Crippen LogP contribution < -0.4 is 5.32 Å². The van der Waals surface area contributed by atoms with Crippen LogP contribution in [0.5, 0.6) is 0 Å². The first kappa shape index (κ1) is 19.8. The third-order valence-electron chi connectivity index (χ3n) is 6.61. The summed E-state index contributed by atoms with van der Waals surface area (Å²) in [6, 6.07) is 23.1. The minimum atomic E-state index is -0.0150. The maximum absolute atomic E-state index is 12.5. The predicted octanol–water partition coefficient (Wildman–Crippen LogP) is 4.88. The number of rotatable bonds is 4. The SMILES string of the molecule is O=C(Nc1cccnc1)N1CC2(CCN(Cc3cccc(-c4ccccc4)c3)CC2)C1. The molecule has 5 nitrogen and oxygen atoms in total. The normalized spacial score (nSPS) is 17.9. The molecular weight excluding hydrogens is 384 g/mol. The van der Waals surface area contributed by atoms with E-state index >= 15 is 0 Å². The molecule has 2 saturated heterocycles. The molecule has 158 valence electrons. The van der Waals surface area contributed by atoms with Crippen molar-refractivity contribution in [2.75, 3.05) is 31.5 Å². The van der Waals surface area contributed by atoms with Crippen LogP contribution in [-0.4, -0.2) is 47.0 Å². The third kappa shape index (κ3) is 4.47. The lowest BCUT2D eigenvalue weighted by Gasteiger charge is -2.53. The van der Waals surface area contributed by atoms with Crippen molar-refractivity contribution >= 4 is 11.7 Å². The molecule has 0 aliphatic carbocycles. The van der Waals surface area contributed by atoms with Crippen LogP contribution in [0.4, 0.5) is 10.5 Å². The second-order valence-corrected chi connectivity index (χ2v) is 8.87. The largest absolute Gasteiger partial charge is 0.323 e. The average Bonchev–Trinajstić information content (AvgIpc) is 2.80. The summed E-state index contributed by atoms with van der Waals surface area (Å²) < 4.78 is 0. The Labute approximate surface area is 183 Å². The van der Waals surface area contributed by atoms with E-state index in [1.54, 1.807) is 12.4 Å². The number of nitrogens with zero attached hydrogens (tertiary/aromatic N) is 3. The summed E-state index contributed by atoms with van der Waals surface area (Å²) in [5.74, 6) is 0. The number of hydrogen-bond donors (Lipinski definition) is 1. The number of hydrogen-bond acceptors (Lipinski definition) is 3. The van der Waals surface area contributed by atoms with Crippen molar-refractivity contribution in [1.82, 2.24) is 14.8 Å². The van der Waals surface area contributed by atoms with Gasteiger partial charge >= 0.3 is 6.03 Å². The average molecular weight is 413 g/mol. The van der Waals surface area contributed by atoms with E-state index in [1.807, 2.05) is 17.0 Å². The number of amides is 2. The Morgan fingerprint density at radius 3 is 2.45 bits per heavy atom. The van der Waals surface area contributed by atoms with Crippen molar-refractivity contribution in [3.63, 3.8) is 0 Å². The van der Waals surface area contributed by atoms with Crippen LogP contribution in [0, 0.1) is 5.41 Å². The summed E-state index contributed by atoms with van der Waals surface area (Å²) in [6.45, 7) is 4.88. The van der Waals surface area contributed by atoms with Gasteiger partial charge in [0.1, 0.15) is 0 Å². The van der Waals surface area contributed by atoms with Crippen molar-refractivity contribution in [3.05, 3.63) is 84.7 Å². The van der Waals surface area contributed by atoms with E-state index in [4.69, 9.17) is 0 Å². The fraction of sp³-hybridized carbons (Fsp3) is 0.308. The Morgan fingerprint density at radius 1 is 0.935 bits per heavy atom. The number of carbonyl (C=O) groups excluding carboxylic acids is 1. The van der Waals surface area contributed by atoms with Gasteiger partial charge in [0.15, 0.2) is 0 Å². The van der Waals surface area contributed by atoms with Gasteiger partial charge in [0.05, 0.1) is 11.9 Å². The van der Waals surface area contributed by atoms with E-state index in [9.17, 15) is 4.79 Å². The molecule has 3 heterocycles. The summed E-state index contributed by atoms with van der Waals surface area (Å²) in [5, 5.41) is 2.94. The lowest BCUT2D eigenvalue weighted by Crippen LogP contribution is -2.62. The second-order valence-electron chi connectivity index (χ2n) is 8.87. The van der Waals surface area contributed by atoms with Crippen LogP contribution in [0.2, 0.25) is 0 Å². The van der Waals surface area contributed by atoms with Gasteiger partial charge in [-0.1, -0.05) is 48.5 Å². The van der Waals surface area contributed by atoms with E-state index in [2.05, 4.69) is 69.8 Å². The Hall–Kier alpha value is -3.18. The van der Waals surface area contributed by atoms with Crippen LogP contribution in [-0.2, 0) is 6.54 Å². The molecule has 5 heteroatoms. The number of aromatic nitrogens is 1. The van der Waals surface area contributed by atoms with Gasteiger partial charge in [-0.3, -0.25) is 9.88 Å². The van der Waals surface area contributed by atoms with Gasteiger partial charge in [-0.2, -0.15) is 0 Å². The molecule has 2 amide bonds. The summed E-state index contributed by atoms with van der Waals surface area (Å²) in [5.41, 5.74) is 4.96. The highest BCUT2D eigenvalue weighted by atomic mass is 16.2. The zero-order valence-electron chi connectivity index (χ0n) is 17.7. The van der Waals surface area contributed by atoms with Gasteiger partial charge in [-0.05, 0) is 60.8 Å². The molecule has 0 radical (unpaired) electrons. The molecule has 31 heavy (non-hydrogen) atoms. The zero-order valence-corrected chi connectivity index (χ0v) is 17.7. The molecule has 2 aliphatic heterocycles. The topological polar surface area (TPSA) is 48.5 Å². The van der Waals surface area contributed by atoms with Crippen molar-refractivity contribution < 1.29 is 4.79 Å². The summed E-state index contributed by atoms with van der Waals surface area (Å²) in [6.07, 6.45) is 5.70. The summed E-state index contributed by atoms with van der Waals surface area (Å²) >= 11 is 0. The zero-order chi connectivity index (χ0) is 21.1. The molecule has 5 rings (SSSR count). The minimum absolute atomic E-state index is 0.0150. The lowest BCUT2D eigenvalue weighted by atomic mass is 9.72. The quantitative estimate of drug-likeness (QED) is 0.665. The number of anilines is 1. The maximum Gasteiger partial charge on any atom is 0.321 e. The number of nitrogens with one attached hydrogen (secondary N) is 1. The molecule has 2 aliphatic rings. The first-order valence-corrected chi connectivity index (χ1v) is 11.0. The number of piperidine rings is 1. The van der Waals surface area contributed by atoms with E-state index in [-0.39, 0.29) is 6.03 Å². The number of carbonyl (C=O) groups is 1. The van der Waals surface area contributed by atoms with Crippen molar-refractivity contribution in [1.29, 1.82) is 0 Å². The fourth-order valence-electron chi connectivity index (χ4n) is 4.79. The van der Waals surface area contributed by atoms with E-state index in [0.29, 0.717) is 5.41 Å². The molecule has 1 aromatic heterocycles. The third-order valence-corrected chi connectivity index (χ3v) is 6.61. The van der Waals surface area contributed by atoms with Crippen LogP contribution in [0.15, 0.2) is 79.1 Å². The van der Waals surface area contributed by atoms with Crippen molar-refractivity contribution in [3.8, 4) is 11.1 Å². The molecule has 1 N–H and O–H groups in total. The summed E-state index contributed by atoms with van der Waals surface area (Å²) in [4.78, 5) is 21.0. The highest BCUT2D eigenvalue weighted by molar-refractivity contribution is 5.89. The van der Waals surface area contributed by atoms with Gasteiger partial charge in [0.25, 0.3) is 0 Å². The Balaban J connectivity index is 1.12. The van der Waals surface area contributed by atoms with Gasteiger partial charge < -0.3 is 10.2 Å². The number of pyridine rings is 1. The number of benzene rings is 2. The Morgan fingerprint density at radius 2 is 1.71 bits per heavy atom. The van der Waals surface area contributed by atoms with Gasteiger partial charge in [-0.15, -0.1) is 0 Å². The van der Waals surface area contributed by atoms with Crippen LogP contribution in [0.25, 0.3) is 11.1 Å². The van der Waals surface area contributed by atoms with Crippen molar-refractivity contribution in [2.24, 2.45) is 5.41 Å². The number of likely N-dealkylation sites (tertiary alicyclic amines) is 2. The molecule has 1 spiro atoms. The maximum atomic E-state index is 12.5. The summed E-state index contributed by atoms with van der Waals surface area (Å²) in [7, 11) is 0. The first-order valence-electron chi connectivity index (χ1n) is 11.0. The van der Waals surface area contributed by atoms with E-state index in [0.717, 1.165) is 51.3 Å². The fourth-order valence-corrected chi connectivity index (χ4v) is 4.79. The van der Waals surface area contributed by atoms with Crippen molar-refractivity contribution in [2.45, 2.75) is 19.4 Å². The lowest BCUT2D eigenvalue weighted by molar-refractivity contribution is -0.0200. The molecule has 0 atom stereocenters. The van der Waals surface area contributed by atoms with Gasteiger partial charge in [-0.25, -0.2) is 4.79 Å². The van der Waals surface area contributed by atoms with Gasteiger partial charge in [0, 0.05) is 31.2 Å². The standard InChI is InChI=1S/C26H28N4O/c31-25(28-24-10-5-13-27-17-24)30-19-26(20-30)11-14-29(15-12-26)18-21-6-4-9-23(16-21)22-7-2-1-3-8-22/h1-10,13,16-17H,11-12,14-15,18-20H2,(H,28,31). The number of urea groups is 1. The van der Waals surface area contributed by atoms with E-state index in [1.165, 1.54) is 16.7 Å². The minimum Gasteiger partial charge on any atom is -0.323 e. The Kier molecular flexibility index (Phi) is 5.43. The molecule has 0 unspecified atom stereocenters. The van der Waals surface area contributed by atoms with Crippen LogP contribution in [0.3, 0.4) is 0 Å². The van der Waals surface area contributed by atoms with Crippen LogP contribution >= 0.6 is 0 Å².